The highest BCUT2D eigenvalue weighted by molar-refractivity contribution is 6.08. The fourth-order valence-electron chi connectivity index (χ4n) is 6.10. The van der Waals surface area contributed by atoms with Gasteiger partial charge in [0.2, 0.25) is 6.29 Å². The van der Waals surface area contributed by atoms with Crippen molar-refractivity contribution >= 4 is 16.3 Å². The second-order valence-corrected chi connectivity index (χ2v) is 12.4. The summed E-state index contributed by atoms with van der Waals surface area (Å²) in [6, 6.07) is 55.0. The molecule has 0 atom stereocenters. The molecule has 0 aliphatic carbocycles. The summed E-state index contributed by atoms with van der Waals surface area (Å²) in [6.45, 7) is 0. The van der Waals surface area contributed by atoms with E-state index < -0.39 is 6.29 Å². The van der Waals surface area contributed by atoms with Gasteiger partial charge in [0.05, 0.1) is 0 Å². The van der Waals surface area contributed by atoms with Crippen LogP contribution >= 0.6 is 0 Å². The first kappa shape index (κ1) is 32.4. The van der Waals surface area contributed by atoms with Gasteiger partial charge in [-0.15, -0.1) is 5.28 Å². The van der Waals surface area contributed by atoms with Gasteiger partial charge in [-0.3, -0.25) is 0 Å². The lowest BCUT2D eigenvalue weighted by atomic mass is 9.97. The molecule has 0 unspecified atom stereocenters. The van der Waals surface area contributed by atoms with Crippen LogP contribution in [0.2, 0.25) is 5.28 Å². The van der Waals surface area contributed by atoms with E-state index >= 15 is 0 Å². The summed E-state index contributed by atoms with van der Waals surface area (Å²) in [7, 11) is 0. The maximum absolute atomic E-state index is 7.17. The normalized spacial score (nSPS) is 11.0. The lowest BCUT2D eigenvalue weighted by molar-refractivity contribution is -0.000754. The van der Waals surface area contributed by atoms with Gasteiger partial charge in [0.25, 0.3) is 0 Å². The number of unbranched alkanes of at least 4 members (excludes halogenated alkanes) is 4. The van der Waals surface area contributed by atoms with Crippen molar-refractivity contribution in [3.05, 3.63) is 158 Å². The number of hydrogen-bond acceptors (Lipinski definition) is 2. The highest BCUT2D eigenvalue weighted by atomic mass is 27.0. The van der Waals surface area contributed by atoms with E-state index in [0.717, 1.165) is 80.6 Å². The molecule has 0 fully saturated rings. The quantitative estimate of drug-likeness (QED) is 0.0640. The topological polar surface area (TPSA) is 18.5 Å². The van der Waals surface area contributed by atoms with Crippen LogP contribution in [0, 0.1) is 0 Å². The van der Waals surface area contributed by atoms with E-state index in [1.165, 1.54) is 19.3 Å². The third-order valence-corrected chi connectivity index (χ3v) is 8.92. The molecular weight excluding hydrogens is 587 g/mol. The van der Waals surface area contributed by atoms with Gasteiger partial charge in [-0.1, -0.05) is 183 Å². The standard InChI is InChI=1S/C44H41O2.Al/c1-2-3-4-5-18-33-42(45-43-38(34-21-10-6-11-22-34)29-19-30-39(43)35-23-12-7-13-24-35)46-44-40(36-25-14-8-15-26-36)31-20-32-41(44)37-27-16-9-17-28-37;/h6-17,19-32,42H,1-5,18,33H2;. The molecule has 6 aromatic carbocycles. The number of rotatable bonds is 15. The zero-order chi connectivity index (χ0) is 32.1. The van der Waals surface area contributed by atoms with Crippen molar-refractivity contribution < 1.29 is 9.47 Å². The molecule has 0 heterocycles. The maximum atomic E-state index is 7.17. The smallest absolute Gasteiger partial charge is 0.241 e. The molecule has 0 aromatic heterocycles. The number of ether oxygens (including phenoxy) is 2. The first-order valence-corrected chi connectivity index (χ1v) is 17.6. The summed E-state index contributed by atoms with van der Waals surface area (Å²) in [5, 5.41) is 1.16. The number of para-hydroxylation sites is 2. The molecule has 0 aliphatic heterocycles. The molecule has 0 saturated heterocycles. The minimum Gasteiger partial charge on any atom is -0.454 e. The van der Waals surface area contributed by atoms with Gasteiger partial charge in [0.1, 0.15) is 27.8 Å². The SMILES string of the molecule is [Al][CH2]CCCCCCC(Oc1c(-c2ccccc2)cccc1-c1ccccc1)Oc1c(-c2ccccc2)cccc1-c1ccccc1. The van der Waals surface area contributed by atoms with Gasteiger partial charge in [-0.05, 0) is 28.7 Å². The Morgan fingerprint density at radius 1 is 0.362 bits per heavy atom. The van der Waals surface area contributed by atoms with Crippen LogP contribution in [-0.4, -0.2) is 22.6 Å². The second kappa shape index (κ2) is 16.8. The molecule has 0 bridgehead atoms. The van der Waals surface area contributed by atoms with Crippen molar-refractivity contribution in [2.75, 3.05) is 0 Å². The summed E-state index contributed by atoms with van der Waals surface area (Å²) in [5.41, 5.74) is 8.69. The molecule has 2 radical (unpaired) electrons. The fourth-order valence-corrected chi connectivity index (χ4v) is 6.39. The van der Waals surface area contributed by atoms with Gasteiger partial charge in [0, 0.05) is 28.7 Å². The molecule has 47 heavy (non-hydrogen) atoms. The first-order valence-electron chi connectivity index (χ1n) is 16.8. The third kappa shape index (κ3) is 8.44. The molecule has 6 aromatic rings. The van der Waals surface area contributed by atoms with Gasteiger partial charge in [0.15, 0.2) is 0 Å². The zero-order valence-electron chi connectivity index (χ0n) is 26.9. The molecule has 2 nitrogen and oxygen atoms in total. The minimum atomic E-state index is -0.503. The molecule has 3 heteroatoms. The number of benzene rings is 6. The fraction of sp³-hybridized carbons (Fsp3) is 0.182. The Balaban J connectivity index is 1.44. The zero-order valence-corrected chi connectivity index (χ0v) is 28.1. The summed E-state index contributed by atoms with van der Waals surface area (Å²) >= 11 is 2.85. The van der Waals surface area contributed by atoms with Gasteiger partial charge >= 0.3 is 0 Å². The van der Waals surface area contributed by atoms with E-state index in [4.69, 9.17) is 9.47 Å². The van der Waals surface area contributed by atoms with Crippen LogP contribution in [0.15, 0.2) is 158 Å². The number of hydrogen-bond donors (Lipinski definition) is 0. The van der Waals surface area contributed by atoms with E-state index in [1.807, 2.05) is 0 Å². The maximum Gasteiger partial charge on any atom is 0.241 e. The second-order valence-electron chi connectivity index (χ2n) is 11.8. The lowest BCUT2D eigenvalue weighted by Gasteiger charge is -2.27. The Hall–Kier alpha value is -4.55. The lowest BCUT2D eigenvalue weighted by Crippen LogP contribution is -2.25. The van der Waals surface area contributed by atoms with E-state index in [2.05, 4.69) is 174 Å². The van der Waals surface area contributed by atoms with Crippen LogP contribution in [0.25, 0.3) is 44.5 Å². The van der Waals surface area contributed by atoms with E-state index in [0.29, 0.717) is 0 Å². The Morgan fingerprint density at radius 3 is 1.02 bits per heavy atom. The Kier molecular flexibility index (Phi) is 11.6. The van der Waals surface area contributed by atoms with Crippen LogP contribution in [0.4, 0.5) is 0 Å². The first-order chi connectivity index (χ1) is 23.3. The van der Waals surface area contributed by atoms with Crippen molar-refractivity contribution in [3.63, 3.8) is 0 Å². The molecule has 0 amide bonds. The average molecular weight is 629 g/mol. The Labute approximate surface area is 288 Å². The van der Waals surface area contributed by atoms with Gasteiger partial charge in [-0.2, -0.15) is 0 Å². The minimum absolute atomic E-state index is 0.503. The predicted molar refractivity (Wildman–Crippen MR) is 198 cm³/mol. The van der Waals surface area contributed by atoms with E-state index in [1.54, 1.807) is 0 Å². The van der Waals surface area contributed by atoms with E-state index in [-0.39, 0.29) is 0 Å². The third-order valence-electron chi connectivity index (χ3n) is 8.51. The van der Waals surface area contributed by atoms with E-state index in [9.17, 15) is 0 Å². The molecule has 0 spiro atoms. The van der Waals surface area contributed by atoms with Crippen LogP contribution < -0.4 is 9.47 Å². The van der Waals surface area contributed by atoms with Crippen molar-refractivity contribution in [2.24, 2.45) is 0 Å². The Bertz CT molecular complexity index is 1560. The van der Waals surface area contributed by atoms with Gasteiger partial charge < -0.3 is 9.47 Å². The van der Waals surface area contributed by atoms with Crippen LogP contribution in [-0.2, 0) is 0 Å². The van der Waals surface area contributed by atoms with Crippen LogP contribution in [0.3, 0.4) is 0 Å². The molecule has 6 rings (SSSR count). The summed E-state index contributed by atoms with van der Waals surface area (Å²) < 4.78 is 14.3. The molecule has 0 N–H and O–H groups in total. The van der Waals surface area contributed by atoms with Gasteiger partial charge in [-0.25, -0.2) is 0 Å². The summed E-state index contributed by atoms with van der Waals surface area (Å²) in [4.78, 5) is 0. The Morgan fingerprint density at radius 2 is 0.681 bits per heavy atom. The largest absolute Gasteiger partial charge is 0.454 e. The monoisotopic (exact) mass is 628 g/mol. The highest BCUT2D eigenvalue weighted by Gasteiger charge is 2.23. The van der Waals surface area contributed by atoms with Crippen molar-refractivity contribution in [1.29, 1.82) is 0 Å². The average Bonchev–Trinajstić information content (AvgIpc) is 3.14. The summed E-state index contributed by atoms with van der Waals surface area (Å²) in [5.74, 6) is 1.69. The van der Waals surface area contributed by atoms with Crippen molar-refractivity contribution in [3.8, 4) is 56.0 Å². The highest BCUT2D eigenvalue weighted by Crippen LogP contribution is 2.43. The summed E-state index contributed by atoms with van der Waals surface area (Å²) in [6.07, 6.45) is 6.14. The molecule has 0 aliphatic rings. The van der Waals surface area contributed by atoms with Crippen LogP contribution in [0.1, 0.15) is 38.5 Å². The predicted octanol–water partition coefficient (Wildman–Crippen LogP) is 12.1. The molecular formula is C44H41AlO2. The van der Waals surface area contributed by atoms with Crippen LogP contribution in [0.5, 0.6) is 11.5 Å². The molecule has 0 saturated carbocycles. The molecule has 232 valence electrons. The van der Waals surface area contributed by atoms with Crippen molar-refractivity contribution in [2.45, 2.75) is 50.1 Å². The van der Waals surface area contributed by atoms with Crippen molar-refractivity contribution in [1.82, 2.24) is 0 Å².